The maximum Gasteiger partial charge on any atom is 0.312 e. The van der Waals surface area contributed by atoms with E-state index in [4.69, 9.17) is 9.47 Å². The number of benzene rings is 1. The summed E-state index contributed by atoms with van der Waals surface area (Å²) in [5, 5.41) is 5.10. The SMILES string of the molecule is CN(CC(=O)NC(C)(C)C)C(=O)COC(=O)Cc1csc(COc2ccc(F)cc2)n1. The number of nitrogens with one attached hydrogen (secondary N) is 1. The van der Waals surface area contributed by atoms with E-state index in [-0.39, 0.29) is 31.3 Å². The van der Waals surface area contributed by atoms with Crippen molar-refractivity contribution in [2.75, 3.05) is 20.2 Å². The molecule has 10 heteroatoms. The summed E-state index contributed by atoms with van der Waals surface area (Å²) in [7, 11) is 1.46. The topological polar surface area (TPSA) is 97.8 Å². The van der Waals surface area contributed by atoms with Crippen molar-refractivity contribution < 1.29 is 28.2 Å². The molecule has 0 radical (unpaired) electrons. The van der Waals surface area contributed by atoms with Gasteiger partial charge < -0.3 is 19.7 Å². The minimum absolute atomic E-state index is 0.0887. The van der Waals surface area contributed by atoms with Gasteiger partial charge in [0.25, 0.3) is 5.91 Å². The third-order valence-corrected chi connectivity index (χ3v) is 4.65. The van der Waals surface area contributed by atoms with E-state index in [2.05, 4.69) is 10.3 Å². The first kappa shape index (κ1) is 24.3. The van der Waals surface area contributed by atoms with Gasteiger partial charge in [0.1, 0.15) is 23.2 Å². The predicted molar refractivity (Wildman–Crippen MR) is 113 cm³/mol. The second kappa shape index (κ2) is 10.9. The molecule has 2 amide bonds. The summed E-state index contributed by atoms with van der Waals surface area (Å²) in [6.45, 7) is 5.12. The van der Waals surface area contributed by atoms with E-state index in [1.165, 1.54) is 47.5 Å². The molecule has 1 heterocycles. The molecular weight excluding hydrogens is 425 g/mol. The summed E-state index contributed by atoms with van der Waals surface area (Å²) >= 11 is 1.32. The van der Waals surface area contributed by atoms with Gasteiger partial charge in [0.05, 0.1) is 18.7 Å². The van der Waals surface area contributed by atoms with Crippen molar-refractivity contribution in [2.45, 2.75) is 39.3 Å². The van der Waals surface area contributed by atoms with Crippen LogP contribution in [0.4, 0.5) is 4.39 Å². The summed E-state index contributed by atoms with van der Waals surface area (Å²) < 4.78 is 23.4. The van der Waals surface area contributed by atoms with Gasteiger partial charge in [-0.1, -0.05) is 0 Å². The van der Waals surface area contributed by atoms with Crippen LogP contribution in [0.1, 0.15) is 31.5 Å². The Bertz CT molecular complexity index is 908. The minimum atomic E-state index is -0.600. The lowest BCUT2D eigenvalue weighted by atomic mass is 10.1. The molecule has 0 atom stereocenters. The summed E-state index contributed by atoms with van der Waals surface area (Å²) in [5.74, 6) is -1.22. The number of esters is 1. The zero-order chi connectivity index (χ0) is 23.0. The molecular formula is C21H26FN3O5S. The molecule has 0 unspecified atom stereocenters. The van der Waals surface area contributed by atoms with Crippen molar-refractivity contribution in [2.24, 2.45) is 0 Å². The number of nitrogens with zero attached hydrogens (tertiary/aromatic N) is 2. The Hall–Kier alpha value is -3.01. The van der Waals surface area contributed by atoms with Gasteiger partial charge in [-0.25, -0.2) is 9.37 Å². The fourth-order valence-corrected chi connectivity index (χ4v) is 3.09. The van der Waals surface area contributed by atoms with Crippen molar-refractivity contribution in [1.82, 2.24) is 15.2 Å². The van der Waals surface area contributed by atoms with Crippen LogP contribution in [0, 0.1) is 5.82 Å². The van der Waals surface area contributed by atoms with Gasteiger partial charge in [-0.3, -0.25) is 14.4 Å². The molecule has 0 aliphatic heterocycles. The fraction of sp³-hybridized carbons (Fsp3) is 0.429. The van der Waals surface area contributed by atoms with E-state index in [9.17, 15) is 18.8 Å². The normalized spacial score (nSPS) is 11.0. The number of hydrogen-bond acceptors (Lipinski definition) is 7. The summed E-state index contributed by atoms with van der Waals surface area (Å²) in [6.07, 6.45) is -0.0887. The highest BCUT2D eigenvalue weighted by atomic mass is 32.1. The van der Waals surface area contributed by atoms with Gasteiger partial charge >= 0.3 is 5.97 Å². The number of carbonyl (C=O) groups excluding carboxylic acids is 3. The van der Waals surface area contributed by atoms with E-state index in [0.29, 0.717) is 16.5 Å². The van der Waals surface area contributed by atoms with Crippen LogP contribution in [0.5, 0.6) is 5.75 Å². The smallest absolute Gasteiger partial charge is 0.312 e. The van der Waals surface area contributed by atoms with Crippen molar-refractivity contribution in [3.63, 3.8) is 0 Å². The second-order valence-electron chi connectivity index (χ2n) is 7.86. The molecule has 8 nitrogen and oxygen atoms in total. The fourth-order valence-electron chi connectivity index (χ4n) is 2.39. The molecule has 0 saturated heterocycles. The third kappa shape index (κ3) is 9.12. The number of hydrogen-bond donors (Lipinski definition) is 1. The number of thiazole rings is 1. The monoisotopic (exact) mass is 451 g/mol. The first-order valence-corrected chi connectivity index (χ1v) is 10.4. The van der Waals surface area contributed by atoms with Gasteiger partial charge in [-0.2, -0.15) is 0 Å². The van der Waals surface area contributed by atoms with Gasteiger partial charge in [-0.05, 0) is 45.0 Å². The van der Waals surface area contributed by atoms with Crippen molar-refractivity contribution >= 4 is 29.1 Å². The van der Waals surface area contributed by atoms with Crippen LogP contribution in [0.3, 0.4) is 0 Å². The first-order chi connectivity index (χ1) is 14.5. The predicted octanol–water partition coefficient (Wildman–Crippen LogP) is 2.32. The molecule has 0 aliphatic carbocycles. The number of halogens is 1. The standard InChI is InChI=1S/C21H26FN3O5S/c1-21(2,3)24-17(26)10-25(4)19(27)12-30-20(28)9-15-13-31-18(23-15)11-29-16-7-5-14(22)6-8-16/h5-8,13H,9-12H2,1-4H3,(H,24,26). The van der Waals surface area contributed by atoms with Crippen LogP contribution in [0.15, 0.2) is 29.6 Å². The van der Waals surface area contributed by atoms with E-state index in [1.54, 1.807) is 5.38 Å². The Morgan fingerprint density at radius 2 is 1.87 bits per heavy atom. The molecule has 0 spiro atoms. The van der Waals surface area contributed by atoms with E-state index in [1.807, 2.05) is 20.8 Å². The summed E-state index contributed by atoms with van der Waals surface area (Å²) in [5.41, 5.74) is 0.0993. The lowest BCUT2D eigenvalue weighted by Gasteiger charge is -2.23. The zero-order valence-corrected chi connectivity index (χ0v) is 18.8. The van der Waals surface area contributed by atoms with Gasteiger partial charge in [0.15, 0.2) is 6.61 Å². The molecule has 0 fully saturated rings. The largest absolute Gasteiger partial charge is 0.486 e. The van der Waals surface area contributed by atoms with Crippen molar-refractivity contribution in [1.29, 1.82) is 0 Å². The number of likely N-dealkylation sites (N-methyl/N-ethyl adjacent to an activating group) is 1. The molecule has 1 N–H and O–H groups in total. The van der Waals surface area contributed by atoms with Gasteiger partial charge in [-0.15, -0.1) is 11.3 Å². The highest BCUT2D eigenvalue weighted by molar-refractivity contribution is 7.09. The zero-order valence-electron chi connectivity index (χ0n) is 17.9. The van der Waals surface area contributed by atoms with Crippen LogP contribution in [-0.2, 0) is 32.1 Å². The average molecular weight is 452 g/mol. The molecule has 2 aromatic rings. The highest BCUT2D eigenvalue weighted by Crippen LogP contribution is 2.16. The van der Waals surface area contributed by atoms with Gasteiger partial charge in [0, 0.05) is 18.0 Å². The minimum Gasteiger partial charge on any atom is -0.486 e. The Kier molecular flexibility index (Phi) is 8.49. The number of rotatable bonds is 9. The first-order valence-electron chi connectivity index (χ1n) is 9.54. The van der Waals surface area contributed by atoms with Crippen LogP contribution >= 0.6 is 11.3 Å². The maximum atomic E-state index is 12.9. The van der Waals surface area contributed by atoms with Gasteiger partial charge in [0.2, 0.25) is 5.91 Å². The molecule has 0 saturated carbocycles. The second-order valence-corrected chi connectivity index (χ2v) is 8.80. The molecule has 168 valence electrons. The lowest BCUT2D eigenvalue weighted by Crippen LogP contribution is -2.46. The maximum absolute atomic E-state index is 12.9. The Morgan fingerprint density at radius 3 is 2.52 bits per heavy atom. The number of carbonyl (C=O) groups is 3. The molecule has 1 aromatic heterocycles. The number of ether oxygens (including phenoxy) is 2. The molecule has 1 aromatic carbocycles. The highest BCUT2D eigenvalue weighted by Gasteiger charge is 2.19. The molecule has 0 bridgehead atoms. The third-order valence-electron chi connectivity index (χ3n) is 3.78. The molecule has 31 heavy (non-hydrogen) atoms. The number of aromatic nitrogens is 1. The summed E-state index contributed by atoms with van der Waals surface area (Å²) in [4.78, 5) is 41.4. The van der Waals surface area contributed by atoms with E-state index in [0.717, 1.165) is 0 Å². The van der Waals surface area contributed by atoms with Crippen molar-refractivity contribution in [3.05, 3.63) is 46.2 Å². The van der Waals surface area contributed by atoms with Crippen LogP contribution in [0.2, 0.25) is 0 Å². The average Bonchev–Trinajstić information content (AvgIpc) is 3.11. The molecule has 2 rings (SSSR count). The lowest BCUT2D eigenvalue weighted by molar-refractivity contribution is -0.151. The van der Waals surface area contributed by atoms with Crippen molar-refractivity contribution in [3.8, 4) is 5.75 Å². The van der Waals surface area contributed by atoms with Crippen LogP contribution < -0.4 is 10.1 Å². The summed E-state index contributed by atoms with van der Waals surface area (Å²) in [6, 6.07) is 5.63. The van der Waals surface area contributed by atoms with E-state index >= 15 is 0 Å². The molecule has 0 aliphatic rings. The van der Waals surface area contributed by atoms with Crippen LogP contribution in [0.25, 0.3) is 0 Å². The Morgan fingerprint density at radius 1 is 1.19 bits per heavy atom. The Balaban J connectivity index is 1.73. The van der Waals surface area contributed by atoms with E-state index < -0.39 is 24.0 Å². The number of amides is 2. The Labute approximate surface area is 184 Å². The van der Waals surface area contributed by atoms with Crippen LogP contribution in [-0.4, -0.2) is 53.4 Å². The quantitative estimate of drug-likeness (QED) is 0.588.